The van der Waals surface area contributed by atoms with Gasteiger partial charge in [-0.15, -0.1) is 0 Å². The Labute approximate surface area is 656 Å². The summed E-state index contributed by atoms with van der Waals surface area (Å²) in [6.07, 6.45) is 0. The van der Waals surface area contributed by atoms with E-state index in [0.29, 0.717) is 23.4 Å². The Balaban J connectivity index is 0.000000140. The lowest BCUT2D eigenvalue weighted by Crippen LogP contribution is -2.04. The molecule has 17 aromatic carbocycles. The first kappa shape index (κ1) is 65.6. The summed E-state index contributed by atoms with van der Waals surface area (Å²) < 4.78 is 9.40. The number of hydrogen-bond donors (Lipinski definition) is 0. The van der Waals surface area contributed by atoms with E-state index in [1.165, 1.54) is 97.8 Å². The Morgan fingerprint density at radius 3 is 1.11 bits per heavy atom. The lowest BCUT2D eigenvalue weighted by Gasteiger charge is -2.14. The number of benzene rings is 17. The summed E-state index contributed by atoms with van der Waals surface area (Å²) in [5.41, 5.74) is 23.8. The Morgan fingerprint density at radius 2 is 0.544 bits per heavy atom. The van der Waals surface area contributed by atoms with Gasteiger partial charge in [0.05, 0.1) is 55.5 Å². The SMILES string of the molecule is c1ccc(-c2cc(-c3ccccc3)nc(-n3c4ccccc4c4c5ccccc5c(-c5ccc6c(c5)c5ccccc5n6-c5ccccc5)cc43)n2)cc1.c1ccc(-c2nc(-c3ccccc3)nc(-c3cccc(-n4c5cc(-c6ccc7c(c6)c6ccccc6n7-c6ccccc6)ccc5c5cc6ccccc6cc54)c3)n2)cc1. The maximum absolute atomic E-state index is 5.31. The first-order valence-corrected chi connectivity index (χ1v) is 38.6. The highest BCUT2D eigenvalue weighted by Gasteiger charge is 2.24. The molecule has 0 unspecified atom stereocenters. The third-order valence-electron chi connectivity index (χ3n) is 22.4. The molecule has 6 heterocycles. The van der Waals surface area contributed by atoms with Gasteiger partial charge in [0.15, 0.2) is 17.5 Å². The Kier molecular flexibility index (Phi) is 15.7. The molecular weight excluding hydrogens is 1390 g/mol. The lowest BCUT2D eigenvalue weighted by molar-refractivity contribution is 0.996. The van der Waals surface area contributed by atoms with Crippen LogP contribution >= 0.6 is 0 Å². The van der Waals surface area contributed by atoms with Crippen molar-refractivity contribution >= 4 is 109 Å². The van der Waals surface area contributed by atoms with Gasteiger partial charge in [-0.05, 0) is 153 Å². The van der Waals surface area contributed by atoms with Crippen molar-refractivity contribution in [2.24, 2.45) is 0 Å². The number of rotatable bonds is 11. The summed E-state index contributed by atoms with van der Waals surface area (Å²) in [7, 11) is 0. The van der Waals surface area contributed by atoms with Crippen molar-refractivity contribution in [3.05, 3.63) is 406 Å². The van der Waals surface area contributed by atoms with Crippen LogP contribution < -0.4 is 0 Å². The highest BCUT2D eigenvalue weighted by molar-refractivity contribution is 6.25. The third-order valence-corrected chi connectivity index (χ3v) is 22.4. The van der Waals surface area contributed by atoms with Gasteiger partial charge < -0.3 is 13.7 Å². The first-order chi connectivity index (χ1) is 56.5. The van der Waals surface area contributed by atoms with Gasteiger partial charge in [-0.1, -0.05) is 297 Å². The lowest BCUT2D eigenvalue weighted by atomic mass is 9.94. The fraction of sp³-hybridized carbons (Fsp3) is 0. The fourth-order valence-electron chi connectivity index (χ4n) is 17.2. The van der Waals surface area contributed by atoms with E-state index in [0.717, 1.165) is 89.5 Å². The molecule has 0 spiro atoms. The minimum absolute atomic E-state index is 0.624. The van der Waals surface area contributed by atoms with Gasteiger partial charge in [0, 0.05) is 88.0 Å². The van der Waals surface area contributed by atoms with E-state index in [4.69, 9.17) is 24.9 Å². The molecule has 0 saturated heterocycles. The summed E-state index contributed by atoms with van der Waals surface area (Å²) in [6, 6.07) is 144. The first-order valence-electron chi connectivity index (χ1n) is 38.6. The van der Waals surface area contributed by atoms with Gasteiger partial charge in [-0.25, -0.2) is 24.9 Å². The Bertz CT molecular complexity index is 7580. The molecule has 0 amide bonds. The molecule has 9 heteroatoms. The van der Waals surface area contributed by atoms with E-state index in [2.05, 4.69) is 352 Å². The minimum atomic E-state index is 0.624. The van der Waals surface area contributed by atoms with Gasteiger partial charge in [-0.3, -0.25) is 4.57 Å². The second-order valence-corrected chi connectivity index (χ2v) is 29.1. The van der Waals surface area contributed by atoms with Crippen LogP contribution in [0.1, 0.15) is 0 Å². The predicted octanol–water partition coefficient (Wildman–Crippen LogP) is 26.7. The molecule has 23 rings (SSSR count). The Morgan fingerprint density at radius 1 is 0.167 bits per heavy atom. The molecule has 0 aliphatic rings. The third kappa shape index (κ3) is 11.2. The van der Waals surface area contributed by atoms with E-state index >= 15 is 0 Å². The number of fused-ring (bicyclic) bond motifs is 15. The second-order valence-electron chi connectivity index (χ2n) is 29.1. The Hall–Kier alpha value is -15.5. The zero-order chi connectivity index (χ0) is 75.2. The van der Waals surface area contributed by atoms with Crippen molar-refractivity contribution in [2.45, 2.75) is 0 Å². The van der Waals surface area contributed by atoms with Crippen molar-refractivity contribution in [3.8, 4) is 102 Å². The van der Waals surface area contributed by atoms with Crippen LogP contribution in [0.15, 0.2) is 406 Å². The van der Waals surface area contributed by atoms with E-state index in [9.17, 15) is 0 Å². The van der Waals surface area contributed by atoms with E-state index < -0.39 is 0 Å². The molecule has 0 aliphatic heterocycles. The maximum Gasteiger partial charge on any atom is 0.235 e. The molecule has 0 radical (unpaired) electrons. The van der Waals surface area contributed by atoms with Gasteiger partial charge >= 0.3 is 0 Å². The monoisotopic (exact) mass is 1450 g/mol. The highest BCUT2D eigenvalue weighted by atomic mass is 15.2. The standard InChI is InChI=1S/C55H35N5.C50H32N4/c1-4-15-36(16-5-1)53-56-54(37-17-6-2-7-18-37)58-55(57-53)42-21-14-24-44(31-42)60-51-35-41(27-29-46(51)48-32-38-19-10-11-20-39(38)34-52(48)60)40-28-30-50-47(33-40)45-25-12-13-26-49(45)59(50)43-22-8-3-9-23-43;1-4-16-33(17-5-1)43-32-44(34-18-6-2-7-19-34)52-50(51-43)54-46-27-15-13-25-40(46)49-39-24-11-10-22-37(39)41(31-48(49)54)35-28-29-47-42(30-35)38-23-12-14-26-45(38)53(47)36-20-8-3-9-21-36/h1-35H;1-32H. The van der Waals surface area contributed by atoms with Crippen LogP contribution in [-0.4, -0.2) is 43.2 Å². The van der Waals surface area contributed by atoms with Gasteiger partial charge in [-0.2, -0.15) is 0 Å². The largest absolute Gasteiger partial charge is 0.309 e. The summed E-state index contributed by atoms with van der Waals surface area (Å²) in [4.78, 5) is 25.7. The zero-order valence-corrected chi connectivity index (χ0v) is 61.7. The minimum Gasteiger partial charge on any atom is -0.309 e. The van der Waals surface area contributed by atoms with Crippen molar-refractivity contribution in [1.82, 2.24) is 43.2 Å². The normalized spacial score (nSPS) is 11.7. The topological polar surface area (TPSA) is 84.2 Å². The molecule has 0 aliphatic carbocycles. The molecule has 114 heavy (non-hydrogen) atoms. The van der Waals surface area contributed by atoms with Crippen LogP contribution in [-0.2, 0) is 0 Å². The predicted molar refractivity (Wildman–Crippen MR) is 472 cm³/mol. The van der Waals surface area contributed by atoms with Gasteiger partial charge in [0.1, 0.15) is 0 Å². The maximum atomic E-state index is 5.31. The second kappa shape index (κ2) is 27.3. The summed E-state index contributed by atoms with van der Waals surface area (Å²) >= 11 is 0. The van der Waals surface area contributed by atoms with E-state index in [1.54, 1.807) is 0 Å². The molecule has 0 fully saturated rings. The van der Waals surface area contributed by atoms with Crippen molar-refractivity contribution in [1.29, 1.82) is 0 Å². The molecule has 0 saturated carbocycles. The van der Waals surface area contributed by atoms with Crippen LogP contribution in [0.25, 0.3) is 211 Å². The quantitative estimate of drug-likeness (QED) is 0.129. The molecular formula is C105H67N9. The van der Waals surface area contributed by atoms with Crippen molar-refractivity contribution in [2.75, 3.05) is 0 Å². The highest BCUT2D eigenvalue weighted by Crippen LogP contribution is 2.45. The van der Waals surface area contributed by atoms with Crippen LogP contribution in [0.5, 0.6) is 0 Å². The van der Waals surface area contributed by atoms with Crippen molar-refractivity contribution < 1.29 is 0 Å². The van der Waals surface area contributed by atoms with E-state index in [-0.39, 0.29) is 0 Å². The van der Waals surface area contributed by atoms with E-state index in [1.807, 2.05) is 72.8 Å². The van der Waals surface area contributed by atoms with Crippen LogP contribution in [0.4, 0.5) is 0 Å². The average Bonchev–Trinajstić information content (AvgIpc) is 1.56. The van der Waals surface area contributed by atoms with Crippen LogP contribution in [0.2, 0.25) is 0 Å². The smallest absolute Gasteiger partial charge is 0.235 e. The zero-order valence-electron chi connectivity index (χ0n) is 61.7. The van der Waals surface area contributed by atoms with Crippen LogP contribution in [0, 0.1) is 0 Å². The molecule has 0 N–H and O–H groups in total. The average molecular weight is 1450 g/mol. The molecule has 6 aromatic heterocycles. The summed E-state index contributed by atoms with van der Waals surface area (Å²) in [5.74, 6) is 2.55. The summed E-state index contributed by atoms with van der Waals surface area (Å²) in [6.45, 7) is 0. The molecule has 0 bridgehead atoms. The number of para-hydroxylation sites is 5. The van der Waals surface area contributed by atoms with Gasteiger partial charge in [0.2, 0.25) is 5.95 Å². The summed E-state index contributed by atoms with van der Waals surface area (Å²) in [5, 5.41) is 14.5. The molecule has 0 atom stereocenters. The molecule has 9 nitrogen and oxygen atoms in total. The number of hydrogen-bond acceptors (Lipinski definition) is 5. The fourth-order valence-corrected chi connectivity index (χ4v) is 17.2. The van der Waals surface area contributed by atoms with Crippen molar-refractivity contribution in [3.63, 3.8) is 0 Å². The van der Waals surface area contributed by atoms with Gasteiger partial charge in [0.25, 0.3) is 0 Å². The molecule has 532 valence electrons. The van der Waals surface area contributed by atoms with Crippen LogP contribution in [0.3, 0.4) is 0 Å². The molecule has 23 aromatic rings. The number of aromatic nitrogens is 9. The number of nitrogens with zero attached hydrogens (tertiary/aromatic N) is 9.